The third kappa shape index (κ3) is 2.94. The van der Waals surface area contributed by atoms with E-state index in [1.807, 2.05) is 0 Å². The lowest BCUT2D eigenvalue weighted by Crippen LogP contribution is -2.56. The largest absolute Gasteiger partial charge is 0.309 e. The fourth-order valence-corrected chi connectivity index (χ4v) is 3.09. The molecule has 1 heterocycles. The van der Waals surface area contributed by atoms with Crippen LogP contribution in [0.5, 0.6) is 0 Å². The van der Waals surface area contributed by atoms with Crippen molar-refractivity contribution in [3.05, 3.63) is 0 Å². The Kier molecular flexibility index (Phi) is 3.68. The molecule has 0 aromatic rings. The summed E-state index contributed by atoms with van der Waals surface area (Å²) in [7, 11) is 0. The summed E-state index contributed by atoms with van der Waals surface area (Å²) in [6.07, 6.45) is 5.88. The maximum Gasteiger partial charge on any atom is 0.0169 e. The SMILES string of the molecule is CC1CN(C(C)CC2CCC2)CC(C)N1. The van der Waals surface area contributed by atoms with Crippen LogP contribution in [0.15, 0.2) is 0 Å². The highest BCUT2D eigenvalue weighted by molar-refractivity contribution is 4.85. The summed E-state index contributed by atoms with van der Waals surface area (Å²) in [4.78, 5) is 2.68. The minimum Gasteiger partial charge on any atom is -0.309 e. The molecule has 0 bridgehead atoms. The van der Waals surface area contributed by atoms with E-state index in [-0.39, 0.29) is 0 Å². The smallest absolute Gasteiger partial charge is 0.0169 e. The molecule has 2 aliphatic rings. The van der Waals surface area contributed by atoms with Gasteiger partial charge >= 0.3 is 0 Å². The van der Waals surface area contributed by atoms with Crippen LogP contribution in [-0.2, 0) is 0 Å². The molecule has 15 heavy (non-hydrogen) atoms. The summed E-state index contributed by atoms with van der Waals surface area (Å²) in [6, 6.07) is 2.12. The van der Waals surface area contributed by atoms with Crippen molar-refractivity contribution in [1.82, 2.24) is 10.2 Å². The minimum atomic E-state index is 0.664. The van der Waals surface area contributed by atoms with Gasteiger partial charge < -0.3 is 5.32 Å². The first kappa shape index (κ1) is 11.4. The van der Waals surface area contributed by atoms with E-state index in [2.05, 4.69) is 31.0 Å². The lowest BCUT2D eigenvalue weighted by molar-refractivity contribution is 0.103. The van der Waals surface area contributed by atoms with Gasteiger partial charge in [-0.2, -0.15) is 0 Å². The molecule has 2 rings (SSSR count). The van der Waals surface area contributed by atoms with Crippen LogP contribution in [0.3, 0.4) is 0 Å². The molecule has 3 unspecified atom stereocenters. The van der Waals surface area contributed by atoms with Crippen LogP contribution in [-0.4, -0.2) is 36.1 Å². The van der Waals surface area contributed by atoms with Gasteiger partial charge in [0.2, 0.25) is 0 Å². The van der Waals surface area contributed by atoms with Crippen molar-refractivity contribution in [3.63, 3.8) is 0 Å². The predicted octanol–water partition coefficient (Wildman–Crippen LogP) is 2.25. The normalized spacial score (nSPS) is 36.2. The minimum absolute atomic E-state index is 0.664. The summed E-state index contributed by atoms with van der Waals surface area (Å²) >= 11 is 0. The monoisotopic (exact) mass is 210 g/mol. The molecule has 1 N–H and O–H groups in total. The molecule has 2 heteroatoms. The van der Waals surface area contributed by atoms with Gasteiger partial charge in [0.05, 0.1) is 0 Å². The van der Waals surface area contributed by atoms with Crippen LogP contribution in [0, 0.1) is 5.92 Å². The summed E-state index contributed by atoms with van der Waals surface area (Å²) in [5, 5.41) is 3.60. The summed E-state index contributed by atoms with van der Waals surface area (Å²) in [5.41, 5.74) is 0. The first-order chi connectivity index (χ1) is 7.15. The molecule has 1 saturated carbocycles. The molecule has 0 aromatic heterocycles. The summed E-state index contributed by atoms with van der Waals surface area (Å²) in [6.45, 7) is 9.50. The maximum atomic E-state index is 3.60. The van der Waals surface area contributed by atoms with Crippen molar-refractivity contribution in [2.75, 3.05) is 13.1 Å². The predicted molar refractivity (Wildman–Crippen MR) is 65.1 cm³/mol. The second-order valence-electron chi connectivity index (χ2n) is 5.80. The highest BCUT2D eigenvalue weighted by Crippen LogP contribution is 2.31. The van der Waals surface area contributed by atoms with E-state index >= 15 is 0 Å². The average molecular weight is 210 g/mol. The number of nitrogens with one attached hydrogen (secondary N) is 1. The quantitative estimate of drug-likeness (QED) is 0.768. The van der Waals surface area contributed by atoms with Gasteiger partial charge in [0.25, 0.3) is 0 Å². The molecule has 0 aromatic carbocycles. The fraction of sp³-hybridized carbons (Fsp3) is 1.00. The van der Waals surface area contributed by atoms with Gasteiger partial charge in [-0.25, -0.2) is 0 Å². The molecular weight excluding hydrogens is 184 g/mol. The van der Waals surface area contributed by atoms with Crippen molar-refractivity contribution in [1.29, 1.82) is 0 Å². The first-order valence-corrected chi connectivity index (χ1v) is 6.65. The third-order valence-electron chi connectivity index (χ3n) is 4.11. The number of hydrogen-bond donors (Lipinski definition) is 1. The molecule has 1 aliphatic heterocycles. The lowest BCUT2D eigenvalue weighted by atomic mass is 9.80. The second-order valence-corrected chi connectivity index (χ2v) is 5.80. The number of hydrogen-bond acceptors (Lipinski definition) is 2. The van der Waals surface area contributed by atoms with E-state index in [4.69, 9.17) is 0 Å². The van der Waals surface area contributed by atoms with E-state index < -0.39 is 0 Å². The Morgan fingerprint density at radius 2 is 1.80 bits per heavy atom. The molecule has 0 amide bonds. The second kappa shape index (κ2) is 4.84. The van der Waals surface area contributed by atoms with Gasteiger partial charge in [-0.05, 0) is 33.1 Å². The molecule has 2 nitrogen and oxygen atoms in total. The highest BCUT2D eigenvalue weighted by atomic mass is 15.2. The van der Waals surface area contributed by atoms with Gasteiger partial charge in [-0.15, -0.1) is 0 Å². The maximum absolute atomic E-state index is 3.60. The number of piperazine rings is 1. The average Bonchev–Trinajstić information content (AvgIpc) is 2.09. The number of nitrogens with zero attached hydrogens (tertiary/aromatic N) is 1. The molecule has 3 atom stereocenters. The Morgan fingerprint density at radius 1 is 1.20 bits per heavy atom. The Balaban J connectivity index is 1.79. The zero-order chi connectivity index (χ0) is 10.8. The molecule has 0 radical (unpaired) electrons. The van der Waals surface area contributed by atoms with Crippen molar-refractivity contribution in [2.24, 2.45) is 5.92 Å². The molecule has 1 saturated heterocycles. The Labute approximate surface area is 94.4 Å². The van der Waals surface area contributed by atoms with Gasteiger partial charge in [-0.1, -0.05) is 19.3 Å². The van der Waals surface area contributed by atoms with Crippen molar-refractivity contribution >= 4 is 0 Å². The van der Waals surface area contributed by atoms with Gasteiger partial charge in [0.1, 0.15) is 0 Å². The van der Waals surface area contributed by atoms with Crippen LogP contribution in [0.2, 0.25) is 0 Å². The highest BCUT2D eigenvalue weighted by Gasteiger charge is 2.27. The van der Waals surface area contributed by atoms with E-state index in [1.165, 1.54) is 38.8 Å². The zero-order valence-corrected chi connectivity index (χ0v) is 10.5. The van der Waals surface area contributed by atoms with Gasteiger partial charge in [0, 0.05) is 31.2 Å². The van der Waals surface area contributed by atoms with Gasteiger partial charge in [0.15, 0.2) is 0 Å². The summed E-state index contributed by atoms with van der Waals surface area (Å²) in [5.74, 6) is 1.04. The summed E-state index contributed by atoms with van der Waals surface area (Å²) < 4.78 is 0. The zero-order valence-electron chi connectivity index (χ0n) is 10.5. The van der Waals surface area contributed by atoms with E-state index in [0.29, 0.717) is 12.1 Å². The number of rotatable bonds is 3. The Hall–Kier alpha value is -0.0800. The van der Waals surface area contributed by atoms with Crippen molar-refractivity contribution < 1.29 is 0 Å². The fourth-order valence-electron chi connectivity index (χ4n) is 3.09. The topological polar surface area (TPSA) is 15.3 Å². The van der Waals surface area contributed by atoms with Crippen LogP contribution < -0.4 is 5.32 Å². The molecule has 1 aliphatic carbocycles. The molecule has 88 valence electrons. The lowest BCUT2D eigenvalue weighted by Gasteiger charge is -2.41. The van der Waals surface area contributed by atoms with Crippen LogP contribution in [0.25, 0.3) is 0 Å². The van der Waals surface area contributed by atoms with Gasteiger partial charge in [-0.3, -0.25) is 4.90 Å². The van der Waals surface area contributed by atoms with E-state index in [9.17, 15) is 0 Å². The molecule has 2 fully saturated rings. The van der Waals surface area contributed by atoms with E-state index in [1.54, 1.807) is 0 Å². The third-order valence-corrected chi connectivity index (χ3v) is 4.11. The Bertz CT molecular complexity index is 191. The van der Waals surface area contributed by atoms with Crippen molar-refractivity contribution in [3.8, 4) is 0 Å². The van der Waals surface area contributed by atoms with Crippen LogP contribution >= 0.6 is 0 Å². The first-order valence-electron chi connectivity index (χ1n) is 6.65. The van der Waals surface area contributed by atoms with Crippen LogP contribution in [0.1, 0.15) is 46.5 Å². The van der Waals surface area contributed by atoms with Crippen LogP contribution in [0.4, 0.5) is 0 Å². The van der Waals surface area contributed by atoms with Crippen molar-refractivity contribution in [2.45, 2.75) is 64.6 Å². The Morgan fingerprint density at radius 3 is 2.27 bits per heavy atom. The van der Waals surface area contributed by atoms with E-state index in [0.717, 1.165) is 12.0 Å². The molecule has 0 spiro atoms. The standard InChI is InChI=1S/C13H26N2/c1-10-8-15(9-11(2)14-10)12(3)7-13-5-4-6-13/h10-14H,4-9H2,1-3H3. The molecular formula is C13H26N2.